The molecule has 0 saturated carbocycles. The Labute approximate surface area is 203 Å². The summed E-state index contributed by atoms with van der Waals surface area (Å²) in [5, 5.41) is 3.42. The van der Waals surface area contributed by atoms with Gasteiger partial charge in [0.1, 0.15) is 24.7 Å². The van der Waals surface area contributed by atoms with E-state index in [-0.39, 0.29) is 25.0 Å². The standard InChI is InChI=1S/C24H27ClN4O5/c1-5-28(23(31)15-32-2)14-22(30)27-24-26-21(16-6-8-17(25)9-7-16)13-29(24)18-10-19(33-3)12-20(11-18)34-4/h6-13H,5,14-15H2,1-4H3,(H,26,27,30). The van der Waals surface area contributed by atoms with Crippen LogP contribution in [0.2, 0.25) is 5.02 Å². The van der Waals surface area contributed by atoms with Crippen LogP contribution in [-0.4, -0.2) is 67.3 Å². The van der Waals surface area contributed by atoms with Gasteiger partial charge in [0, 0.05) is 48.6 Å². The van der Waals surface area contributed by atoms with Gasteiger partial charge in [-0.15, -0.1) is 0 Å². The van der Waals surface area contributed by atoms with Crippen molar-refractivity contribution in [1.82, 2.24) is 14.5 Å². The van der Waals surface area contributed by atoms with E-state index in [2.05, 4.69) is 10.3 Å². The molecule has 0 atom stereocenters. The predicted octanol–water partition coefficient (Wildman–Crippen LogP) is 3.64. The third kappa shape index (κ3) is 6.06. The van der Waals surface area contributed by atoms with Gasteiger partial charge in [-0.05, 0) is 19.1 Å². The highest BCUT2D eigenvalue weighted by molar-refractivity contribution is 6.30. The largest absolute Gasteiger partial charge is 0.497 e. The zero-order valence-electron chi connectivity index (χ0n) is 19.5. The summed E-state index contributed by atoms with van der Waals surface area (Å²) in [4.78, 5) is 31.0. The number of rotatable bonds is 10. The van der Waals surface area contributed by atoms with Crippen LogP contribution >= 0.6 is 11.6 Å². The van der Waals surface area contributed by atoms with Crippen molar-refractivity contribution in [2.75, 3.05) is 46.3 Å². The highest BCUT2D eigenvalue weighted by Gasteiger charge is 2.19. The lowest BCUT2D eigenvalue weighted by atomic mass is 10.2. The van der Waals surface area contributed by atoms with E-state index in [1.807, 2.05) is 12.1 Å². The number of amides is 2. The lowest BCUT2D eigenvalue weighted by Crippen LogP contribution is -2.39. The minimum absolute atomic E-state index is 0.0972. The van der Waals surface area contributed by atoms with Crippen molar-refractivity contribution < 1.29 is 23.8 Å². The topological polar surface area (TPSA) is 94.9 Å². The second-order valence-electron chi connectivity index (χ2n) is 7.29. The number of carbonyl (C=O) groups is 2. The van der Waals surface area contributed by atoms with Crippen molar-refractivity contribution in [3.05, 3.63) is 53.7 Å². The summed E-state index contributed by atoms with van der Waals surface area (Å²) in [5.41, 5.74) is 2.11. The third-order valence-corrected chi connectivity index (χ3v) is 5.30. The average molecular weight is 487 g/mol. The second-order valence-corrected chi connectivity index (χ2v) is 7.72. The maximum absolute atomic E-state index is 12.8. The van der Waals surface area contributed by atoms with Gasteiger partial charge in [0.2, 0.25) is 17.8 Å². The number of nitrogens with one attached hydrogen (secondary N) is 1. The minimum Gasteiger partial charge on any atom is -0.497 e. The number of hydrogen-bond donors (Lipinski definition) is 1. The van der Waals surface area contributed by atoms with E-state index in [4.69, 9.17) is 25.8 Å². The Balaban J connectivity index is 1.99. The van der Waals surface area contributed by atoms with E-state index < -0.39 is 5.91 Å². The van der Waals surface area contributed by atoms with Crippen molar-refractivity contribution in [1.29, 1.82) is 0 Å². The molecule has 1 aromatic heterocycles. The van der Waals surface area contributed by atoms with Crippen molar-refractivity contribution in [3.8, 4) is 28.4 Å². The number of halogens is 1. The van der Waals surface area contributed by atoms with Gasteiger partial charge in [-0.3, -0.25) is 19.5 Å². The van der Waals surface area contributed by atoms with Gasteiger partial charge in [0.15, 0.2) is 0 Å². The average Bonchev–Trinajstić information content (AvgIpc) is 3.26. The molecule has 10 heteroatoms. The summed E-state index contributed by atoms with van der Waals surface area (Å²) in [6, 6.07) is 12.6. The minimum atomic E-state index is -0.393. The van der Waals surface area contributed by atoms with Crippen molar-refractivity contribution in [3.63, 3.8) is 0 Å². The van der Waals surface area contributed by atoms with E-state index in [1.165, 1.54) is 12.0 Å². The first-order valence-corrected chi connectivity index (χ1v) is 10.9. The van der Waals surface area contributed by atoms with Gasteiger partial charge < -0.3 is 19.1 Å². The Hall–Kier alpha value is -3.56. The molecular formula is C24H27ClN4O5. The van der Waals surface area contributed by atoms with Gasteiger partial charge in [0.25, 0.3) is 0 Å². The fourth-order valence-electron chi connectivity index (χ4n) is 3.29. The molecule has 0 fully saturated rings. The van der Waals surface area contributed by atoms with E-state index >= 15 is 0 Å². The summed E-state index contributed by atoms with van der Waals surface area (Å²) in [6.07, 6.45) is 1.79. The maximum Gasteiger partial charge on any atom is 0.249 e. The monoisotopic (exact) mass is 486 g/mol. The van der Waals surface area contributed by atoms with Gasteiger partial charge in [0.05, 0.1) is 25.6 Å². The lowest BCUT2D eigenvalue weighted by molar-refractivity contribution is -0.137. The van der Waals surface area contributed by atoms with Crippen LogP contribution in [0, 0.1) is 0 Å². The van der Waals surface area contributed by atoms with Crippen LogP contribution < -0.4 is 14.8 Å². The van der Waals surface area contributed by atoms with Crippen LogP contribution in [0.5, 0.6) is 11.5 Å². The molecule has 3 rings (SSSR count). The van der Waals surface area contributed by atoms with E-state index in [1.54, 1.807) is 62.2 Å². The Bertz CT molecular complexity index is 1120. The summed E-state index contributed by atoms with van der Waals surface area (Å²) >= 11 is 6.03. The molecule has 3 aromatic rings. The van der Waals surface area contributed by atoms with Crippen LogP contribution in [0.3, 0.4) is 0 Å². The zero-order valence-corrected chi connectivity index (χ0v) is 20.3. The number of benzene rings is 2. The summed E-state index contributed by atoms with van der Waals surface area (Å²) in [6.45, 7) is 1.93. The first-order valence-electron chi connectivity index (χ1n) is 10.5. The van der Waals surface area contributed by atoms with E-state index in [0.29, 0.717) is 34.4 Å². The normalized spacial score (nSPS) is 10.6. The van der Waals surface area contributed by atoms with Crippen LogP contribution in [0.15, 0.2) is 48.7 Å². The van der Waals surface area contributed by atoms with Gasteiger partial charge in [-0.2, -0.15) is 0 Å². The molecule has 0 saturated heterocycles. The smallest absolute Gasteiger partial charge is 0.249 e. The Kier molecular flexibility index (Phi) is 8.50. The lowest BCUT2D eigenvalue weighted by Gasteiger charge is -2.20. The van der Waals surface area contributed by atoms with Crippen LogP contribution in [0.1, 0.15) is 6.92 Å². The van der Waals surface area contributed by atoms with Crippen LogP contribution in [-0.2, 0) is 14.3 Å². The molecule has 1 heterocycles. The first-order chi connectivity index (χ1) is 16.4. The number of carbonyl (C=O) groups excluding carboxylic acids is 2. The molecule has 0 bridgehead atoms. The fourth-order valence-corrected chi connectivity index (χ4v) is 3.41. The summed E-state index contributed by atoms with van der Waals surface area (Å²) in [5.74, 6) is 0.769. The molecule has 1 N–H and O–H groups in total. The number of anilines is 1. The quantitative estimate of drug-likeness (QED) is 0.470. The van der Waals surface area contributed by atoms with E-state index in [0.717, 1.165) is 5.56 Å². The Morgan fingerprint density at radius 1 is 1.06 bits per heavy atom. The fraction of sp³-hybridized carbons (Fsp3) is 0.292. The Morgan fingerprint density at radius 2 is 1.71 bits per heavy atom. The van der Waals surface area contributed by atoms with Crippen molar-refractivity contribution in [2.45, 2.75) is 6.92 Å². The van der Waals surface area contributed by atoms with Crippen LogP contribution in [0.25, 0.3) is 16.9 Å². The van der Waals surface area contributed by atoms with Crippen molar-refractivity contribution >= 4 is 29.4 Å². The summed E-state index contributed by atoms with van der Waals surface area (Å²) < 4.78 is 17.4. The number of methoxy groups -OCH3 is 3. The molecule has 0 unspecified atom stereocenters. The van der Waals surface area contributed by atoms with Gasteiger partial charge in [-0.1, -0.05) is 23.7 Å². The Morgan fingerprint density at radius 3 is 2.26 bits per heavy atom. The molecule has 9 nitrogen and oxygen atoms in total. The molecule has 0 aliphatic rings. The second kappa shape index (κ2) is 11.5. The van der Waals surface area contributed by atoms with E-state index in [9.17, 15) is 9.59 Å². The number of hydrogen-bond acceptors (Lipinski definition) is 6. The zero-order chi connectivity index (χ0) is 24.7. The highest BCUT2D eigenvalue weighted by Crippen LogP contribution is 2.30. The SMILES string of the molecule is CCN(CC(=O)Nc1nc(-c2ccc(Cl)cc2)cn1-c1cc(OC)cc(OC)c1)C(=O)COC. The van der Waals surface area contributed by atoms with Gasteiger partial charge >= 0.3 is 0 Å². The molecular weight excluding hydrogens is 460 g/mol. The highest BCUT2D eigenvalue weighted by atomic mass is 35.5. The summed E-state index contributed by atoms with van der Waals surface area (Å²) in [7, 11) is 4.55. The van der Waals surface area contributed by atoms with Crippen molar-refractivity contribution in [2.24, 2.45) is 0 Å². The molecule has 180 valence electrons. The first kappa shape index (κ1) is 25.1. The predicted molar refractivity (Wildman–Crippen MR) is 130 cm³/mol. The molecule has 0 spiro atoms. The van der Waals surface area contributed by atoms with Gasteiger partial charge in [-0.25, -0.2) is 4.98 Å². The molecule has 0 aliphatic heterocycles. The number of nitrogens with zero attached hydrogens (tertiary/aromatic N) is 3. The molecule has 2 aromatic carbocycles. The maximum atomic E-state index is 12.8. The third-order valence-electron chi connectivity index (χ3n) is 5.05. The molecule has 2 amide bonds. The number of aromatic nitrogens is 2. The molecule has 34 heavy (non-hydrogen) atoms. The van der Waals surface area contributed by atoms with Crippen LogP contribution in [0.4, 0.5) is 5.95 Å². The molecule has 0 radical (unpaired) electrons. The number of ether oxygens (including phenoxy) is 3. The molecule has 0 aliphatic carbocycles. The number of likely N-dealkylation sites (N-methyl/N-ethyl adjacent to an activating group) is 1. The number of imidazole rings is 1.